The molecule has 0 bridgehead atoms. The third kappa shape index (κ3) is 14.7. The van der Waals surface area contributed by atoms with E-state index >= 15 is 0 Å². The Morgan fingerprint density at radius 2 is 1.05 bits per heavy atom. The number of thiophene rings is 2. The summed E-state index contributed by atoms with van der Waals surface area (Å²) < 4.78 is -2.17. The highest BCUT2D eigenvalue weighted by molar-refractivity contribution is 7.10. The number of nitrogens with zero attached hydrogens (tertiary/aromatic N) is 2. The van der Waals surface area contributed by atoms with Gasteiger partial charge in [0.2, 0.25) is 0 Å². The summed E-state index contributed by atoms with van der Waals surface area (Å²) in [7, 11) is 0. The van der Waals surface area contributed by atoms with Crippen LogP contribution in [0, 0.1) is 0 Å². The van der Waals surface area contributed by atoms with Gasteiger partial charge in [0.15, 0.2) is 0 Å². The molecule has 3 atom stereocenters. The molecule has 57 heavy (non-hydrogen) atoms. The molecule has 308 valence electrons. The molecular formula is C37H38Cl5N3O10S2. The molecule has 0 fully saturated rings. The van der Waals surface area contributed by atoms with Crippen LogP contribution in [0.2, 0.25) is 10.0 Å². The minimum Gasteiger partial charge on any atom is -0.481 e. The fourth-order valence-corrected chi connectivity index (χ4v) is 8.01. The van der Waals surface area contributed by atoms with Crippen LogP contribution in [0.5, 0.6) is 0 Å². The van der Waals surface area contributed by atoms with Crippen molar-refractivity contribution in [2.75, 3.05) is 13.1 Å². The fraction of sp³-hybridized carbons (Fsp3) is 0.324. The summed E-state index contributed by atoms with van der Waals surface area (Å²) in [6, 6.07) is 16.1. The van der Waals surface area contributed by atoms with Crippen molar-refractivity contribution in [2.45, 2.75) is 60.7 Å². The fourth-order valence-electron chi connectivity index (χ4n) is 5.75. The lowest BCUT2D eigenvalue weighted by atomic mass is 10.0. The van der Waals surface area contributed by atoms with E-state index < -0.39 is 51.8 Å². The first kappa shape index (κ1) is 47.9. The largest absolute Gasteiger partial charge is 0.481 e. The average Bonchev–Trinajstić information content (AvgIpc) is 3.82. The number of carboxylic acids is 5. The van der Waals surface area contributed by atoms with Crippen LogP contribution >= 0.6 is 80.7 Å². The molecule has 0 radical (unpaired) electrons. The summed E-state index contributed by atoms with van der Waals surface area (Å²) in [5, 5.41) is 48.5. The van der Waals surface area contributed by atoms with Crippen molar-refractivity contribution in [3.8, 4) is 0 Å². The average molecular weight is 926 g/mol. The molecule has 0 amide bonds. The Bertz CT molecular complexity index is 1900. The van der Waals surface area contributed by atoms with Crippen LogP contribution < -0.4 is 5.73 Å². The quantitative estimate of drug-likeness (QED) is 0.0836. The van der Waals surface area contributed by atoms with E-state index in [0.29, 0.717) is 34.3 Å². The Hall–Kier alpha value is -3.48. The minimum absolute atomic E-state index is 0.0231. The van der Waals surface area contributed by atoms with Gasteiger partial charge < -0.3 is 31.3 Å². The zero-order chi connectivity index (χ0) is 42.4. The van der Waals surface area contributed by atoms with Gasteiger partial charge in [0, 0.05) is 52.4 Å². The van der Waals surface area contributed by atoms with Crippen molar-refractivity contribution in [2.24, 2.45) is 5.73 Å². The Morgan fingerprint density at radius 3 is 1.37 bits per heavy atom. The molecule has 0 aliphatic carbocycles. The van der Waals surface area contributed by atoms with Gasteiger partial charge in [-0.2, -0.15) is 0 Å². The van der Waals surface area contributed by atoms with Crippen molar-refractivity contribution in [1.82, 2.24) is 9.80 Å². The molecule has 4 aromatic rings. The molecule has 0 saturated heterocycles. The number of benzene rings is 2. The zero-order valence-electron chi connectivity index (χ0n) is 29.8. The van der Waals surface area contributed by atoms with E-state index in [-0.39, 0.29) is 12.8 Å². The smallest absolute Gasteiger partial charge is 0.356 e. The van der Waals surface area contributed by atoms with Crippen LogP contribution in [0.25, 0.3) is 0 Å². The predicted octanol–water partition coefficient (Wildman–Crippen LogP) is 7.88. The maximum Gasteiger partial charge on any atom is 0.356 e. The van der Waals surface area contributed by atoms with Crippen LogP contribution in [0.3, 0.4) is 0 Å². The monoisotopic (exact) mass is 923 g/mol. The number of alkyl halides is 3. The van der Waals surface area contributed by atoms with E-state index in [1.807, 2.05) is 34.1 Å². The third-order valence-corrected chi connectivity index (χ3v) is 11.7. The van der Waals surface area contributed by atoms with E-state index in [0.717, 1.165) is 25.9 Å². The minimum atomic E-state index is -2.17. The topological polar surface area (TPSA) is 219 Å². The summed E-state index contributed by atoms with van der Waals surface area (Å²) in [6.07, 6.45) is 1.58. The second-order valence-electron chi connectivity index (χ2n) is 12.4. The highest BCUT2D eigenvalue weighted by Crippen LogP contribution is 2.35. The van der Waals surface area contributed by atoms with Gasteiger partial charge in [-0.1, -0.05) is 94.4 Å². The zero-order valence-corrected chi connectivity index (χ0v) is 35.2. The van der Waals surface area contributed by atoms with Crippen LogP contribution in [0.1, 0.15) is 56.9 Å². The molecule has 13 nitrogen and oxygen atoms in total. The molecule has 7 N–H and O–H groups in total. The molecule has 2 aliphatic heterocycles. The standard InChI is InChI=1S/2C15H14ClNO2S.C5H9NO4.C2HCl3O2/c2*16-12-4-2-1-3-11(12)14(15(18)19)17-7-5-13-10(9-17)6-8-20-13;6-3(5(9)10)1-2-4(7)8;3-2(4,5)1(6)7/h2*1-4,6,8,14H,5,7,9H2,(H,18,19);3H,1-2,6H2,(H,7,8)(H,9,10);(H,6,7)/t2*14-;3-;/m000./s1. The van der Waals surface area contributed by atoms with Gasteiger partial charge in [-0.15, -0.1) is 22.7 Å². The van der Waals surface area contributed by atoms with Gasteiger partial charge in [0.05, 0.1) is 0 Å². The van der Waals surface area contributed by atoms with Crippen molar-refractivity contribution in [3.05, 3.63) is 113 Å². The number of nitrogens with two attached hydrogens (primary N) is 1. The van der Waals surface area contributed by atoms with Crippen molar-refractivity contribution in [3.63, 3.8) is 0 Å². The van der Waals surface area contributed by atoms with Gasteiger partial charge in [-0.05, 0) is 76.5 Å². The molecule has 0 saturated carbocycles. The Labute approximate surface area is 360 Å². The summed E-state index contributed by atoms with van der Waals surface area (Å²) in [5.41, 5.74) is 8.81. The molecule has 0 unspecified atom stereocenters. The first-order chi connectivity index (χ1) is 26.8. The molecule has 2 aromatic heterocycles. The maximum atomic E-state index is 11.7. The first-order valence-corrected chi connectivity index (χ1v) is 20.5. The van der Waals surface area contributed by atoms with Crippen LogP contribution in [0.15, 0.2) is 71.4 Å². The van der Waals surface area contributed by atoms with Crippen molar-refractivity contribution < 1.29 is 49.5 Å². The molecule has 4 heterocycles. The number of hydrogen-bond acceptors (Lipinski definition) is 10. The van der Waals surface area contributed by atoms with Gasteiger partial charge in [0.25, 0.3) is 3.79 Å². The first-order valence-electron chi connectivity index (χ1n) is 16.8. The molecule has 0 spiro atoms. The number of rotatable bonds is 10. The van der Waals surface area contributed by atoms with Crippen molar-refractivity contribution in [1.29, 1.82) is 0 Å². The second kappa shape index (κ2) is 22.6. The van der Waals surface area contributed by atoms with Gasteiger partial charge in [-0.3, -0.25) is 29.0 Å². The Balaban J connectivity index is 0.000000221. The third-order valence-electron chi connectivity index (χ3n) is 8.50. The maximum absolute atomic E-state index is 11.7. The summed E-state index contributed by atoms with van der Waals surface area (Å²) in [6.45, 7) is 2.83. The van der Waals surface area contributed by atoms with E-state index in [9.17, 15) is 34.2 Å². The van der Waals surface area contributed by atoms with E-state index in [1.165, 1.54) is 20.9 Å². The summed E-state index contributed by atoms with van der Waals surface area (Å²) in [5.74, 6) is -5.36. The normalized spacial score (nSPS) is 15.3. The second-order valence-corrected chi connectivity index (χ2v) is 17.5. The highest BCUT2D eigenvalue weighted by Gasteiger charge is 2.33. The molecular weight excluding hydrogens is 888 g/mol. The lowest BCUT2D eigenvalue weighted by Gasteiger charge is -2.32. The van der Waals surface area contributed by atoms with Gasteiger partial charge in [-0.25, -0.2) is 4.79 Å². The van der Waals surface area contributed by atoms with E-state index in [1.54, 1.807) is 46.9 Å². The number of carbonyl (C=O) groups is 5. The SMILES string of the molecule is N[C@@H](CCC(=O)O)C(=O)O.O=C(O)C(Cl)(Cl)Cl.O=C(O)[C@H](c1ccccc1Cl)N1CCc2sccc2C1.O=C(O)[C@H](c1ccccc1Cl)N1CCc2sccc2C1. The Kier molecular flexibility index (Phi) is 19.0. The number of aliphatic carboxylic acids is 5. The van der Waals surface area contributed by atoms with Crippen LogP contribution in [-0.4, -0.2) is 88.1 Å². The molecule has 2 aromatic carbocycles. The summed E-state index contributed by atoms with van der Waals surface area (Å²) >= 11 is 30.2. The lowest BCUT2D eigenvalue weighted by Crippen LogP contribution is -2.37. The number of fused-ring (bicyclic) bond motifs is 2. The Morgan fingerprint density at radius 1 is 0.667 bits per heavy atom. The van der Waals surface area contributed by atoms with Crippen molar-refractivity contribution >= 4 is 111 Å². The van der Waals surface area contributed by atoms with Gasteiger partial charge >= 0.3 is 29.8 Å². The molecule has 6 rings (SSSR count). The number of halogens is 5. The van der Waals surface area contributed by atoms with E-state index in [4.69, 9.17) is 79.1 Å². The van der Waals surface area contributed by atoms with E-state index in [2.05, 4.69) is 22.9 Å². The number of hydrogen-bond donors (Lipinski definition) is 6. The number of carboxylic acid groups (broad SMARTS) is 5. The van der Waals surface area contributed by atoms with Crippen LogP contribution in [-0.2, 0) is 49.9 Å². The molecule has 2 aliphatic rings. The molecule has 20 heteroatoms. The van der Waals surface area contributed by atoms with Gasteiger partial charge in [0.1, 0.15) is 18.1 Å². The highest BCUT2D eigenvalue weighted by atomic mass is 35.6. The van der Waals surface area contributed by atoms with Crippen LogP contribution in [0.4, 0.5) is 0 Å². The predicted molar refractivity (Wildman–Crippen MR) is 221 cm³/mol. The summed E-state index contributed by atoms with van der Waals surface area (Å²) in [4.78, 5) is 59.6. The lowest BCUT2D eigenvalue weighted by molar-refractivity contribution is -0.145.